The molecule has 1 aliphatic heterocycles. The number of likely N-dealkylation sites (tertiary alicyclic amines) is 1. The van der Waals surface area contributed by atoms with Crippen molar-refractivity contribution >= 4 is 22.8 Å². The molecule has 5 heteroatoms. The topological polar surface area (TPSA) is 50.3 Å². The van der Waals surface area contributed by atoms with Crippen molar-refractivity contribution in [3.05, 3.63) is 24.4 Å². The molecule has 1 aromatic heterocycles. The lowest BCUT2D eigenvalue weighted by Crippen LogP contribution is -2.41. The van der Waals surface area contributed by atoms with Gasteiger partial charge in [-0.2, -0.15) is 0 Å². The molecule has 1 fully saturated rings. The Hall–Kier alpha value is -1.36. The minimum Gasteiger partial charge on any atom is -0.331 e. The van der Waals surface area contributed by atoms with Crippen LogP contribution in [0.25, 0.3) is 0 Å². The summed E-state index contributed by atoms with van der Waals surface area (Å²) in [5.41, 5.74) is 0. The molecule has 0 radical (unpaired) electrons. The summed E-state index contributed by atoms with van der Waals surface area (Å²) in [6.45, 7) is 4.43. The third-order valence-corrected chi connectivity index (χ3v) is 4.07. The number of carbonyl (C=O) groups is 2. The van der Waals surface area contributed by atoms with Gasteiger partial charge in [0.15, 0.2) is 0 Å². The molecule has 0 saturated carbocycles. The molecule has 0 unspecified atom stereocenters. The van der Waals surface area contributed by atoms with E-state index < -0.39 is 0 Å². The molecule has 1 amide bonds. The number of thioether (sulfide) groups is 1. The lowest BCUT2D eigenvalue weighted by Gasteiger charge is -2.24. The van der Waals surface area contributed by atoms with Crippen LogP contribution in [0.5, 0.6) is 0 Å². The fraction of sp³-hybridized carbons (Fsp3) is 0.500. The van der Waals surface area contributed by atoms with Crippen LogP contribution in [-0.4, -0.2) is 33.5 Å². The molecular formula is C14H18N2O2S. The molecule has 0 bridgehead atoms. The van der Waals surface area contributed by atoms with Crippen LogP contribution in [-0.2, 0) is 9.59 Å². The highest BCUT2D eigenvalue weighted by Crippen LogP contribution is 2.27. The second-order valence-electron chi connectivity index (χ2n) is 4.93. The van der Waals surface area contributed by atoms with Crippen LogP contribution in [0, 0.1) is 5.92 Å². The van der Waals surface area contributed by atoms with E-state index in [1.54, 1.807) is 11.1 Å². The van der Waals surface area contributed by atoms with Crippen molar-refractivity contribution < 1.29 is 9.59 Å². The highest BCUT2D eigenvalue weighted by molar-refractivity contribution is 8.13. The first kappa shape index (κ1) is 14.1. The normalized spacial score (nSPS) is 18.9. The summed E-state index contributed by atoms with van der Waals surface area (Å²) >= 11 is 1.13. The van der Waals surface area contributed by atoms with E-state index in [1.807, 2.05) is 32.0 Å². The van der Waals surface area contributed by atoms with Crippen molar-refractivity contribution in [3.8, 4) is 0 Å². The van der Waals surface area contributed by atoms with Gasteiger partial charge < -0.3 is 4.90 Å². The van der Waals surface area contributed by atoms with E-state index in [0.717, 1.165) is 24.6 Å². The molecule has 2 heterocycles. The molecule has 102 valence electrons. The standard InChI is InChI=1S/C14H18N2O2S/c1-10(2)13(17)16-9-5-6-11(16)14(18)19-12-7-3-4-8-15-12/h3-4,7-8,10-11H,5-6,9H2,1-2H3/t11-/m0/s1. The van der Waals surface area contributed by atoms with Gasteiger partial charge in [0.2, 0.25) is 11.0 Å². The molecule has 19 heavy (non-hydrogen) atoms. The summed E-state index contributed by atoms with van der Waals surface area (Å²) in [6.07, 6.45) is 3.33. The van der Waals surface area contributed by atoms with Gasteiger partial charge in [-0.15, -0.1) is 0 Å². The SMILES string of the molecule is CC(C)C(=O)N1CCC[C@H]1C(=O)Sc1ccccn1. The molecule has 0 spiro atoms. The van der Waals surface area contributed by atoms with Crippen LogP contribution in [0.15, 0.2) is 29.4 Å². The third-order valence-electron chi connectivity index (χ3n) is 3.14. The highest BCUT2D eigenvalue weighted by Gasteiger charge is 2.35. The molecule has 2 rings (SSSR count). The predicted molar refractivity (Wildman–Crippen MR) is 74.7 cm³/mol. The maximum Gasteiger partial charge on any atom is 0.225 e. The minimum absolute atomic E-state index is 0.0187. The molecule has 0 N–H and O–H groups in total. The quantitative estimate of drug-likeness (QED) is 0.796. The van der Waals surface area contributed by atoms with E-state index in [9.17, 15) is 9.59 Å². The van der Waals surface area contributed by atoms with Gasteiger partial charge in [0.25, 0.3) is 0 Å². The van der Waals surface area contributed by atoms with Crippen LogP contribution in [0.2, 0.25) is 0 Å². The summed E-state index contributed by atoms with van der Waals surface area (Å²) < 4.78 is 0. The molecule has 1 saturated heterocycles. The van der Waals surface area contributed by atoms with Crippen molar-refractivity contribution in [2.75, 3.05) is 6.54 Å². The lowest BCUT2D eigenvalue weighted by atomic mass is 10.1. The number of hydrogen-bond donors (Lipinski definition) is 0. The second-order valence-corrected chi connectivity index (χ2v) is 5.96. The number of pyridine rings is 1. The molecule has 1 aromatic rings. The van der Waals surface area contributed by atoms with Gasteiger partial charge in [0, 0.05) is 18.7 Å². The van der Waals surface area contributed by atoms with E-state index >= 15 is 0 Å². The van der Waals surface area contributed by atoms with Crippen LogP contribution >= 0.6 is 11.8 Å². The highest BCUT2D eigenvalue weighted by atomic mass is 32.2. The maximum atomic E-state index is 12.3. The van der Waals surface area contributed by atoms with E-state index in [4.69, 9.17) is 0 Å². The van der Waals surface area contributed by atoms with Crippen LogP contribution in [0.4, 0.5) is 0 Å². The Balaban J connectivity index is 2.04. The van der Waals surface area contributed by atoms with Crippen LogP contribution < -0.4 is 0 Å². The van der Waals surface area contributed by atoms with Crippen molar-refractivity contribution in [2.45, 2.75) is 37.8 Å². The Labute approximate surface area is 117 Å². The largest absolute Gasteiger partial charge is 0.331 e. The summed E-state index contributed by atoms with van der Waals surface area (Å²) in [5.74, 6) is 0.00530. The molecule has 4 nitrogen and oxygen atoms in total. The first-order valence-electron chi connectivity index (χ1n) is 6.53. The average Bonchev–Trinajstić information content (AvgIpc) is 2.88. The maximum absolute atomic E-state index is 12.3. The molecule has 1 aliphatic rings. The van der Waals surface area contributed by atoms with E-state index in [-0.39, 0.29) is 23.0 Å². The Morgan fingerprint density at radius 3 is 2.84 bits per heavy atom. The fourth-order valence-corrected chi connectivity index (χ4v) is 3.03. The van der Waals surface area contributed by atoms with Gasteiger partial charge in [-0.25, -0.2) is 4.98 Å². The zero-order chi connectivity index (χ0) is 13.8. The van der Waals surface area contributed by atoms with Gasteiger partial charge in [0.1, 0.15) is 11.1 Å². The van der Waals surface area contributed by atoms with Gasteiger partial charge in [0.05, 0.1) is 0 Å². The monoisotopic (exact) mass is 278 g/mol. The van der Waals surface area contributed by atoms with Crippen molar-refractivity contribution in [1.82, 2.24) is 9.88 Å². The second kappa shape index (κ2) is 6.19. The van der Waals surface area contributed by atoms with Gasteiger partial charge in [-0.1, -0.05) is 19.9 Å². The number of hydrogen-bond acceptors (Lipinski definition) is 4. The van der Waals surface area contributed by atoms with Crippen molar-refractivity contribution in [1.29, 1.82) is 0 Å². The summed E-state index contributed by atoms with van der Waals surface area (Å²) in [7, 11) is 0. The van der Waals surface area contributed by atoms with E-state index in [2.05, 4.69) is 4.98 Å². The summed E-state index contributed by atoms with van der Waals surface area (Å²) in [6, 6.07) is 5.20. The minimum atomic E-state index is -0.290. The van der Waals surface area contributed by atoms with Crippen LogP contribution in [0.1, 0.15) is 26.7 Å². The summed E-state index contributed by atoms with van der Waals surface area (Å²) in [5, 5.41) is 0.710. The Kier molecular flexibility index (Phi) is 4.58. The molecule has 1 atom stereocenters. The average molecular weight is 278 g/mol. The predicted octanol–water partition coefficient (Wildman–Crippen LogP) is 2.35. The molecule has 0 aliphatic carbocycles. The van der Waals surface area contributed by atoms with Crippen molar-refractivity contribution in [2.24, 2.45) is 5.92 Å². The van der Waals surface area contributed by atoms with Gasteiger partial charge >= 0.3 is 0 Å². The first-order valence-corrected chi connectivity index (χ1v) is 7.34. The van der Waals surface area contributed by atoms with Crippen LogP contribution in [0.3, 0.4) is 0 Å². The Morgan fingerprint density at radius 2 is 2.21 bits per heavy atom. The first-order chi connectivity index (χ1) is 9.09. The Morgan fingerprint density at radius 1 is 1.42 bits per heavy atom. The van der Waals surface area contributed by atoms with Gasteiger partial charge in [-0.05, 0) is 36.7 Å². The number of nitrogens with zero attached hydrogens (tertiary/aromatic N) is 2. The number of aromatic nitrogens is 1. The number of amides is 1. The third kappa shape index (κ3) is 3.35. The smallest absolute Gasteiger partial charge is 0.225 e. The molecular weight excluding hydrogens is 260 g/mol. The lowest BCUT2D eigenvalue weighted by molar-refractivity contribution is -0.138. The molecule has 0 aromatic carbocycles. The van der Waals surface area contributed by atoms with E-state index in [1.165, 1.54) is 0 Å². The van der Waals surface area contributed by atoms with Gasteiger partial charge in [-0.3, -0.25) is 9.59 Å². The Bertz CT molecular complexity index is 462. The number of carbonyl (C=O) groups excluding carboxylic acids is 2. The zero-order valence-corrected chi connectivity index (χ0v) is 12.0. The van der Waals surface area contributed by atoms with Crippen molar-refractivity contribution in [3.63, 3.8) is 0 Å². The van der Waals surface area contributed by atoms with E-state index in [0.29, 0.717) is 11.6 Å². The zero-order valence-electron chi connectivity index (χ0n) is 11.2. The summed E-state index contributed by atoms with van der Waals surface area (Å²) in [4.78, 5) is 30.2. The number of rotatable bonds is 3. The fourth-order valence-electron chi connectivity index (χ4n) is 2.19.